The van der Waals surface area contributed by atoms with Crippen LogP contribution in [0.1, 0.15) is 51.3 Å². The van der Waals surface area contributed by atoms with Crippen molar-refractivity contribution in [3.8, 4) is 11.1 Å². The summed E-state index contributed by atoms with van der Waals surface area (Å²) in [6.07, 6.45) is 0. The average molecular weight is 760 g/mol. The summed E-state index contributed by atoms with van der Waals surface area (Å²) in [6, 6.07) is 69.8. The number of para-hydroxylation sites is 4. The van der Waals surface area contributed by atoms with Crippen LogP contribution in [0.15, 0.2) is 188 Å². The molecule has 8 aromatic carbocycles. The number of benzene rings is 8. The molecule has 2 heterocycles. The maximum Gasteiger partial charge on any atom is 0.252 e. The molecule has 11 rings (SSSR count). The van der Waals surface area contributed by atoms with Crippen LogP contribution in [0.3, 0.4) is 0 Å². The lowest BCUT2D eigenvalue weighted by molar-refractivity contribution is 0.590. The molecule has 0 saturated carbocycles. The van der Waals surface area contributed by atoms with E-state index in [0.29, 0.717) is 0 Å². The number of hydrogen-bond acceptors (Lipinski definition) is 3. The maximum absolute atomic E-state index is 2.64. The largest absolute Gasteiger partial charge is 0.311 e. The molecule has 0 atom stereocenters. The van der Waals surface area contributed by atoms with Crippen LogP contribution in [0.2, 0.25) is 0 Å². The molecule has 0 radical (unpaired) electrons. The summed E-state index contributed by atoms with van der Waals surface area (Å²) in [4.78, 5) is 7.55. The Labute approximate surface area is 348 Å². The van der Waals surface area contributed by atoms with Crippen LogP contribution in [-0.2, 0) is 10.8 Å². The molecule has 2 aliphatic heterocycles. The van der Waals surface area contributed by atoms with Gasteiger partial charge in [0, 0.05) is 50.9 Å². The lowest BCUT2D eigenvalue weighted by Gasteiger charge is -2.46. The number of hydrogen-bond donors (Lipinski definition) is 0. The van der Waals surface area contributed by atoms with Gasteiger partial charge in [-0.15, -0.1) is 0 Å². The van der Waals surface area contributed by atoms with Crippen LogP contribution in [0.5, 0.6) is 0 Å². The lowest BCUT2D eigenvalue weighted by Crippen LogP contribution is -2.61. The average Bonchev–Trinajstić information content (AvgIpc) is 3.50. The summed E-state index contributed by atoms with van der Waals surface area (Å²) >= 11 is 0. The highest BCUT2D eigenvalue weighted by Crippen LogP contribution is 2.55. The van der Waals surface area contributed by atoms with E-state index in [2.05, 4.69) is 237 Å². The van der Waals surface area contributed by atoms with E-state index in [0.717, 1.165) is 22.7 Å². The van der Waals surface area contributed by atoms with E-state index in [1.807, 2.05) is 0 Å². The normalized spacial score (nSPS) is 14.2. The summed E-state index contributed by atoms with van der Waals surface area (Å²) in [5, 5.41) is 0. The van der Waals surface area contributed by atoms with E-state index < -0.39 is 0 Å². The minimum Gasteiger partial charge on any atom is -0.311 e. The molecule has 0 spiro atoms. The van der Waals surface area contributed by atoms with Gasteiger partial charge in [-0.1, -0.05) is 150 Å². The van der Waals surface area contributed by atoms with Crippen LogP contribution < -0.4 is 31.1 Å². The van der Waals surface area contributed by atoms with Gasteiger partial charge in [0.05, 0.1) is 5.69 Å². The van der Waals surface area contributed by atoms with Crippen molar-refractivity contribution in [1.29, 1.82) is 0 Å². The molecule has 0 aromatic heterocycles. The smallest absolute Gasteiger partial charge is 0.252 e. The first kappa shape index (κ1) is 35.4. The first-order valence-electron chi connectivity index (χ1n) is 20.9. The van der Waals surface area contributed by atoms with Crippen molar-refractivity contribution < 1.29 is 0 Å². The van der Waals surface area contributed by atoms with Crippen molar-refractivity contribution >= 4 is 74.3 Å². The SMILES string of the molecule is CC(C)(C)c1cc2c3c(c1)N(c1cccc4c1C(C)(C)c1ccccc1-4)c1cc(N(c4ccccc4)c4ccccc4)ccc1B3c1ccccc1N2c1ccccc1. The quantitative estimate of drug-likeness (QED) is 0.162. The molecule has 3 nitrogen and oxygen atoms in total. The Balaban J connectivity index is 1.26. The molecular weight excluding hydrogens is 713 g/mol. The standard InChI is InChI=1S/C55H46BN3/c1-54(2,3)37-34-50-53-51(35-37)59(48-31-19-27-43-42-26-15-16-28-44(42)55(4,5)52(43)48)49-36-41(57(38-20-9-6-10-21-38)39-22-11-7-12-23-39)32-33-46(49)56(53)45-29-17-18-30-47(45)58(50)40-24-13-8-14-25-40/h6-36H,1-5H3. The Bertz CT molecular complexity index is 2870. The molecule has 0 fully saturated rings. The van der Waals surface area contributed by atoms with Crippen molar-refractivity contribution in [3.05, 3.63) is 205 Å². The van der Waals surface area contributed by atoms with Gasteiger partial charge >= 0.3 is 0 Å². The summed E-state index contributed by atoms with van der Waals surface area (Å²) < 4.78 is 0. The van der Waals surface area contributed by atoms with Gasteiger partial charge in [0.2, 0.25) is 0 Å². The Morgan fingerprint density at radius 1 is 0.458 bits per heavy atom. The van der Waals surface area contributed by atoms with Crippen molar-refractivity contribution in [1.82, 2.24) is 0 Å². The van der Waals surface area contributed by atoms with Crippen LogP contribution in [0.4, 0.5) is 51.2 Å². The zero-order valence-corrected chi connectivity index (χ0v) is 34.3. The molecule has 0 unspecified atom stereocenters. The minimum atomic E-state index is -0.221. The predicted molar refractivity (Wildman–Crippen MR) is 251 cm³/mol. The number of fused-ring (bicyclic) bond motifs is 7. The molecule has 8 aromatic rings. The summed E-state index contributed by atoms with van der Waals surface area (Å²) in [5.41, 5.74) is 21.0. The van der Waals surface area contributed by atoms with Crippen LogP contribution >= 0.6 is 0 Å². The van der Waals surface area contributed by atoms with Crippen LogP contribution in [0.25, 0.3) is 11.1 Å². The van der Waals surface area contributed by atoms with E-state index in [4.69, 9.17) is 0 Å². The van der Waals surface area contributed by atoms with Crippen LogP contribution in [0, 0.1) is 0 Å². The van der Waals surface area contributed by atoms with Gasteiger partial charge in [-0.25, -0.2) is 0 Å². The highest BCUT2D eigenvalue weighted by Gasteiger charge is 2.46. The van der Waals surface area contributed by atoms with Crippen LogP contribution in [-0.4, -0.2) is 6.71 Å². The van der Waals surface area contributed by atoms with Crippen molar-refractivity contribution in [2.75, 3.05) is 14.7 Å². The monoisotopic (exact) mass is 759 g/mol. The molecule has 3 aliphatic rings. The molecular formula is C55H46BN3. The minimum absolute atomic E-state index is 0.0225. The summed E-state index contributed by atoms with van der Waals surface area (Å²) in [5.74, 6) is 0. The third-order valence-corrected chi connectivity index (χ3v) is 12.9. The van der Waals surface area contributed by atoms with E-state index in [9.17, 15) is 0 Å². The third kappa shape index (κ3) is 5.36. The predicted octanol–water partition coefficient (Wildman–Crippen LogP) is 12.8. The molecule has 0 N–H and O–H groups in total. The molecule has 0 amide bonds. The molecule has 0 bridgehead atoms. The Kier molecular flexibility index (Phi) is 7.87. The van der Waals surface area contributed by atoms with Crippen molar-refractivity contribution in [3.63, 3.8) is 0 Å². The second-order valence-corrected chi connectivity index (χ2v) is 17.8. The first-order valence-corrected chi connectivity index (χ1v) is 20.9. The molecule has 4 heteroatoms. The Morgan fingerprint density at radius 3 is 1.71 bits per heavy atom. The highest BCUT2D eigenvalue weighted by atomic mass is 15.2. The molecule has 1 aliphatic carbocycles. The fraction of sp³-hybridized carbons (Fsp3) is 0.127. The van der Waals surface area contributed by atoms with E-state index >= 15 is 0 Å². The van der Waals surface area contributed by atoms with Gasteiger partial charge in [0.25, 0.3) is 6.71 Å². The van der Waals surface area contributed by atoms with Crippen molar-refractivity contribution in [2.45, 2.75) is 45.4 Å². The van der Waals surface area contributed by atoms with Gasteiger partial charge < -0.3 is 14.7 Å². The lowest BCUT2D eigenvalue weighted by atomic mass is 9.33. The Hall–Kier alpha value is -6.78. The number of rotatable bonds is 5. The van der Waals surface area contributed by atoms with E-state index in [-0.39, 0.29) is 17.5 Å². The van der Waals surface area contributed by atoms with Gasteiger partial charge in [0.15, 0.2) is 0 Å². The molecule has 284 valence electrons. The molecule has 0 saturated heterocycles. The van der Waals surface area contributed by atoms with E-state index in [1.165, 1.54) is 72.6 Å². The number of anilines is 9. The topological polar surface area (TPSA) is 9.72 Å². The fourth-order valence-electron chi connectivity index (χ4n) is 10.2. The van der Waals surface area contributed by atoms with Gasteiger partial charge in [-0.3, -0.25) is 0 Å². The fourth-order valence-corrected chi connectivity index (χ4v) is 10.2. The van der Waals surface area contributed by atoms with Gasteiger partial charge in [0.1, 0.15) is 0 Å². The highest BCUT2D eigenvalue weighted by molar-refractivity contribution is 7.00. The van der Waals surface area contributed by atoms with Crippen molar-refractivity contribution in [2.24, 2.45) is 0 Å². The summed E-state index contributed by atoms with van der Waals surface area (Å²) in [6.45, 7) is 11.9. The van der Waals surface area contributed by atoms with Gasteiger partial charge in [-0.2, -0.15) is 0 Å². The second kappa shape index (κ2) is 13.1. The van der Waals surface area contributed by atoms with E-state index in [1.54, 1.807) is 0 Å². The molecule has 59 heavy (non-hydrogen) atoms. The first-order chi connectivity index (χ1) is 28.7. The maximum atomic E-state index is 2.64. The second-order valence-electron chi connectivity index (χ2n) is 17.8. The Morgan fingerprint density at radius 2 is 1.02 bits per heavy atom. The van der Waals surface area contributed by atoms with Gasteiger partial charge in [-0.05, 0) is 122 Å². The zero-order valence-electron chi connectivity index (χ0n) is 34.3. The number of nitrogens with zero attached hydrogens (tertiary/aromatic N) is 3. The zero-order chi connectivity index (χ0) is 40.0. The third-order valence-electron chi connectivity index (χ3n) is 12.9. The summed E-state index contributed by atoms with van der Waals surface area (Å²) in [7, 11) is 0.